The fourth-order valence-corrected chi connectivity index (χ4v) is 2.93. The van der Waals surface area contributed by atoms with E-state index >= 15 is 0 Å². The Bertz CT molecular complexity index is 697. The lowest BCUT2D eigenvalue weighted by molar-refractivity contribution is 0.102. The predicted molar refractivity (Wildman–Crippen MR) is 94.7 cm³/mol. The molecule has 0 aliphatic carbocycles. The topological polar surface area (TPSA) is 45.2 Å². The number of rotatable bonds is 3. The maximum atomic E-state index is 12.2. The second-order valence-electron chi connectivity index (χ2n) is 5.55. The van der Waals surface area contributed by atoms with Crippen molar-refractivity contribution in [1.82, 2.24) is 4.98 Å². The Hall–Kier alpha value is -1.78. The van der Waals surface area contributed by atoms with Gasteiger partial charge in [0.1, 0.15) is 5.15 Å². The molecule has 6 heteroatoms. The minimum absolute atomic E-state index is 0.189. The van der Waals surface area contributed by atoms with Crippen molar-refractivity contribution in [1.29, 1.82) is 0 Å². The molecule has 1 aliphatic heterocycles. The number of hydrogen-bond acceptors (Lipinski definition) is 3. The highest BCUT2D eigenvalue weighted by molar-refractivity contribution is 6.41. The summed E-state index contributed by atoms with van der Waals surface area (Å²) in [6.07, 6.45) is 5.19. The van der Waals surface area contributed by atoms with Gasteiger partial charge in [-0.15, -0.1) is 0 Å². The molecule has 3 rings (SSSR count). The average Bonchev–Trinajstić information content (AvgIpc) is 2.59. The molecule has 120 valence electrons. The van der Waals surface area contributed by atoms with Gasteiger partial charge in [0.05, 0.1) is 10.6 Å². The quantitative estimate of drug-likeness (QED) is 0.821. The first-order valence-electron chi connectivity index (χ1n) is 7.61. The summed E-state index contributed by atoms with van der Waals surface area (Å²) in [5.74, 6) is -0.262. The average molecular weight is 350 g/mol. The van der Waals surface area contributed by atoms with Crippen molar-refractivity contribution in [3.05, 3.63) is 52.3 Å². The Morgan fingerprint density at radius 3 is 2.43 bits per heavy atom. The predicted octanol–water partition coefficient (Wildman–Crippen LogP) is 4.63. The molecular weight excluding hydrogens is 333 g/mol. The summed E-state index contributed by atoms with van der Waals surface area (Å²) in [4.78, 5) is 18.5. The highest BCUT2D eigenvalue weighted by atomic mass is 35.5. The number of halogens is 2. The van der Waals surface area contributed by atoms with Gasteiger partial charge in [0.15, 0.2) is 0 Å². The highest BCUT2D eigenvalue weighted by Gasteiger charge is 2.12. The summed E-state index contributed by atoms with van der Waals surface area (Å²) >= 11 is 11.6. The molecule has 0 unspecified atom stereocenters. The van der Waals surface area contributed by atoms with Crippen LogP contribution < -0.4 is 10.2 Å². The molecule has 4 nitrogen and oxygen atoms in total. The van der Waals surface area contributed by atoms with E-state index in [9.17, 15) is 4.79 Å². The second-order valence-corrected chi connectivity index (χ2v) is 6.31. The molecule has 1 aliphatic rings. The Labute approximate surface area is 145 Å². The Kier molecular flexibility index (Phi) is 5.03. The number of pyridine rings is 1. The Morgan fingerprint density at radius 2 is 1.78 bits per heavy atom. The van der Waals surface area contributed by atoms with Crippen LogP contribution in [0.2, 0.25) is 10.2 Å². The zero-order chi connectivity index (χ0) is 16.2. The zero-order valence-corrected chi connectivity index (χ0v) is 14.1. The minimum Gasteiger partial charge on any atom is -0.372 e. The lowest BCUT2D eigenvalue weighted by atomic mass is 10.1. The fourth-order valence-electron chi connectivity index (χ4n) is 2.66. The molecule has 1 aromatic heterocycles. The zero-order valence-electron chi connectivity index (χ0n) is 12.6. The van der Waals surface area contributed by atoms with E-state index in [2.05, 4.69) is 15.2 Å². The van der Waals surface area contributed by atoms with Crippen LogP contribution in [0.25, 0.3) is 0 Å². The molecule has 1 saturated heterocycles. The lowest BCUT2D eigenvalue weighted by Gasteiger charge is -2.28. The van der Waals surface area contributed by atoms with E-state index in [4.69, 9.17) is 23.2 Å². The van der Waals surface area contributed by atoms with Gasteiger partial charge in [-0.3, -0.25) is 4.79 Å². The van der Waals surface area contributed by atoms with Gasteiger partial charge < -0.3 is 10.2 Å². The normalized spacial score (nSPS) is 14.6. The van der Waals surface area contributed by atoms with Crippen LogP contribution in [0.1, 0.15) is 29.6 Å². The summed E-state index contributed by atoms with van der Waals surface area (Å²) in [7, 11) is 0. The molecule has 23 heavy (non-hydrogen) atoms. The van der Waals surface area contributed by atoms with Gasteiger partial charge in [0, 0.05) is 30.7 Å². The van der Waals surface area contributed by atoms with Crippen molar-refractivity contribution in [2.45, 2.75) is 19.3 Å². The van der Waals surface area contributed by atoms with Crippen LogP contribution in [-0.2, 0) is 0 Å². The molecule has 1 amide bonds. The summed E-state index contributed by atoms with van der Waals surface area (Å²) in [6.45, 7) is 2.20. The lowest BCUT2D eigenvalue weighted by Crippen LogP contribution is -2.29. The highest BCUT2D eigenvalue weighted by Crippen LogP contribution is 2.23. The number of anilines is 2. The number of nitrogens with zero attached hydrogens (tertiary/aromatic N) is 2. The summed E-state index contributed by atoms with van der Waals surface area (Å²) in [5, 5.41) is 3.29. The molecule has 0 bridgehead atoms. The van der Waals surface area contributed by atoms with E-state index in [1.54, 1.807) is 0 Å². The van der Waals surface area contributed by atoms with E-state index in [0.717, 1.165) is 18.8 Å². The number of aromatic nitrogens is 1. The molecule has 1 N–H and O–H groups in total. The summed E-state index contributed by atoms with van der Waals surface area (Å²) in [6, 6.07) is 9.40. The number of piperidine rings is 1. The molecule has 1 fully saturated rings. The van der Waals surface area contributed by atoms with Gasteiger partial charge in [-0.2, -0.15) is 0 Å². The number of carbonyl (C=O) groups is 1. The first-order chi connectivity index (χ1) is 11.1. The van der Waals surface area contributed by atoms with E-state index in [1.165, 1.54) is 37.2 Å². The summed E-state index contributed by atoms with van der Waals surface area (Å²) in [5.41, 5.74) is 2.31. The standard InChI is InChI=1S/C17H17Cl2N3O/c18-15-10-12(11-20-16(15)19)17(23)21-13-4-6-14(7-5-13)22-8-2-1-3-9-22/h4-7,10-11H,1-3,8-9H2,(H,21,23). The molecule has 0 spiro atoms. The molecule has 2 heterocycles. The largest absolute Gasteiger partial charge is 0.372 e. The van der Waals surface area contributed by atoms with Gasteiger partial charge in [-0.05, 0) is 49.6 Å². The molecule has 0 saturated carbocycles. The van der Waals surface area contributed by atoms with Crippen LogP contribution in [0.3, 0.4) is 0 Å². The SMILES string of the molecule is O=C(Nc1ccc(N2CCCCC2)cc1)c1cnc(Cl)c(Cl)c1. The van der Waals surface area contributed by atoms with Crippen LogP contribution in [0.15, 0.2) is 36.5 Å². The van der Waals surface area contributed by atoms with Crippen molar-refractivity contribution in [3.8, 4) is 0 Å². The van der Waals surface area contributed by atoms with Gasteiger partial charge in [-0.25, -0.2) is 4.98 Å². The van der Waals surface area contributed by atoms with Crippen molar-refractivity contribution in [3.63, 3.8) is 0 Å². The van der Waals surface area contributed by atoms with Crippen LogP contribution in [0, 0.1) is 0 Å². The van der Waals surface area contributed by atoms with Crippen LogP contribution in [-0.4, -0.2) is 24.0 Å². The number of hydrogen-bond donors (Lipinski definition) is 1. The van der Waals surface area contributed by atoms with Crippen molar-refractivity contribution in [2.75, 3.05) is 23.3 Å². The van der Waals surface area contributed by atoms with E-state index in [1.807, 2.05) is 24.3 Å². The number of carbonyl (C=O) groups excluding carboxylic acids is 1. The maximum Gasteiger partial charge on any atom is 0.257 e. The Balaban J connectivity index is 1.67. The van der Waals surface area contributed by atoms with Gasteiger partial charge in [0.2, 0.25) is 0 Å². The molecule has 0 atom stereocenters. The van der Waals surface area contributed by atoms with E-state index in [0.29, 0.717) is 5.56 Å². The minimum atomic E-state index is -0.262. The monoisotopic (exact) mass is 349 g/mol. The van der Waals surface area contributed by atoms with Gasteiger partial charge >= 0.3 is 0 Å². The summed E-state index contributed by atoms with van der Waals surface area (Å²) < 4.78 is 0. The third-order valence-electron chi connectivity index (χ3n) is 3.90. The van der Waals surface area contributed by atoms with Crippen LogP contribution in [0.5, 0.6) is 0 Å². The van der Waals surface area contributed by atoms with Crippen LogP contribution >= 0.6 is 23.2 Å². The number of nitrogens with one attached hydrogen (secondary N) is 1. The number of benzene rings is 1. The molecule has 1 aromatic carbocycles. The molecular formula is C17H17Cl2N3O. The fraction of sp³-hybridized carbons (Fsp3) is 0.294. The second kappa shape index (κ2) is 7.20. The maximum absolute atomic E-state index is 12.2. The smallest absolute Gasteiger partial charge is 0.257 e. The first-order valence-corrected chi connectivity index (χ1v) is 8.36. The van der Waals surface area contributed by atoms with E-state index in [-0.39, 0.29) is 16.1 Å². The van der Waals surface area contributed by atoms with Crippen molar-refractivity contribution < 1.29 is 4.79 Å². The van der Waals surface area contributed by atoms with Crippen molar-refractivity contribution in [2.24, 2.45) is 0 Å². The molecule has 2 aromatic rings. The number of amides is 1. The van der Waals surface area contributed by atoms with Gasteiger partial charge in [0.25, 0.3) is 5.91 Å². The van der Waals surface area contributed by atoms with Gasteiger partial charge in [-0.1, -0.05) is 23.2 Å². The third-order valence-corrected chi connectivity index (χ3v) is 4.59. The third kappa shape index (κ3) is 3.95. The Morgan fingerprint density at radius 1 is 1.09 bits per heavy atom. The van der Waals surface area contributed by atoms with Crippen LogP contribution in [0.4, 0.5) is 11.4 Å². The molecule has 0 radical (unpaired) electrons. The van der Waals surface area contributed by atoms with Crippen molar-refractivity contribution >= 4 is 40.5 Å². The first kappa shape index (κ1) is 16.1. The van der Waals surface area contributed by atoms with E-state index < -0.39 is 0 Å².